The number of fused-ring (bicyclic) bond motifs is 4. The zero-order valence-electron chi connectivity index (χ0n) is 68.0. The van der Waals surface area contributed by atoms with Crippen LogP contribution in [0, 0.1) is 113 Å². The second-order valence-electron chi connectivity index (χ2n) is 36.7. The molecule has 4 saturated carbocycles. The monoisotopic (exact) mass is 1990 g/mol. The van der Waals surface area contributed by atoms with E-state index in [1.165, 1.54) is 70.2 Å². The van der Waals surface area contributed by atoms with Gasteiger partial charge in [0.25, 0.3) is 0 Å². The van der Waals surface area contributed by atoms with Crippen LogP contribution < -0.4 is 13.3 Å². The van der Waals surface area contributed by atoms with Crippen LogP contribution in [0.1, 0.15) is 195 Å². The number of allylic oxidation sites excluding steroid dienone is 16. The van der Waals surface area contributed by atoms with E-state index in [9.17, 15) is 0 Å². The summed E-state index contributed by atoms with van der Waals surface area (Å²) in [6.07, 6.45) is 35.4. The molecule has 12 rings (SSSR count). The minimum atomic E-state index is -1.73. The van der Waals surface area contributed by atoms with Gasteiger partial charge in [0.1, 0.15) is 0 Å². The Morgan fingerprint density at radius 1 is 0.359 bits per heavy atom. The van der Waals surface area contributed by atoms with Crippen LogP contribution in [0.4, 0.5) is 0 Å². The molecule has 0 nitrogen and oxygen atoms in total. The van der Waals surface area contributed by atoms with E-state index in [4.69, 9.17) is 34.1 Å². The fraction of sp³-hybridized carbons (Fsp3) is 0.522. The molecule has 0 radical (unpaired) electrons. The van der Waals surface area contributed by atoms with Gasteiger partial charge in [-0.15, -0.1) is 0 Å². The third-order valence-corrected chi connectivity index (χ3v) is 35.9. The number of hydrogen-bond donors (Lipinski definition) is 0. The number of hydrogen-bond acceptors (Lipinski definition) is 0. The van der Waals surface area contributed by atoms with Crippen LogP contribution in [-0.4, -0.2) is 16.1 Å². The van der Waals surface area contributed by atoms with Crippen LogP contribution in [0.3, 0.4) is 0 Å². The molecule has 4 fully saturated rings. The van der Waals surface area contributed by atoms with Crippen molar-refractivity contribution in [3.8, 4) is 0 Å². The molecule has 0 amide bonds. The van der Waals surface area contributed by atoms with Crippen molar-refractivity contribution < 1.29 is 55.0 Å². The van der Waals surface area contributed by atoms with Crippen LogP contribution in [0.5, 0.6) is 0 Å². The normalized spacial score (nSPS) is 28.0. The summed E-state index contributed by atoms with van der Waals surface area (Å²) in [5, 5.41) is 0. The van der Waals surface area contributed by atoms with Gasteiger partial charge >= 0.3 is 126 Å². The Bertz CT molecular complexity index is 3330. The Balaban J connectivity index is 0.000000378. The molecule has 566 valence electrons. The van der Waals surface area contributed by atoms with E-state index in [0.29, 0.717) is 60.6 Å². The average molecular weight is 2000 g/mol. The summed E-state index contributed by atoms with van der Waals surface area (Å²) in [7, 11) is 16.3. The van der Waals surface area contributed by atoms with Crippen LogP contribution in [-0.2, 0) is 63.4 Å². The summed E-state index contributed by atoms with van der Waals surface area (Å²) in [6, 6.07) is 38.3. The fourth-order valence-electron chi connectivity index (χ4n) is 21.2. The molecule has 0 spiro atoms. The molecule has 0 N–H and O–H groups in total. The number of benzene rings is 4. The van der Waals surface area contributed by atoms with Crippen molar-refractivity contribution in [1.29, 1.82) is 0 Å². The van der Waals surface area contributed by atoms with Crippen LogP contribution in [0.2, 0.25) is 48.4 Å². The van der Waals surface area contributed by atoms with E-state index in [-0.39, 0.29) is 51.4 Å². The first kappa shape index (κ1) is 95.7. The van der Waals surface area contributed by atoms with E-state index < -0.39 is 57.8 Å². The van der Waals surface area contributed by atoms with Crippen molar-refractivity contribution in [2.24, 2.45) is 82.9 Å². The summed E-state index contributed by atoms with van der Waals surface area (Å²) in [5.41, 5.74) is 21.9. The SMILES string of the molecule is CC(C)C1CC2C(c3ccc(C(C)(C)C)cc3)=CC=CC2C1[Si](C)(C)C1C(C)CC2C(c3ccc(C(C)(C)C)cc3)=CC=CC21.CC(C)C1CC2C(c3ccc(C(C)(C)C)cc3)=CC=CC2C1[Si](C)(C)C1C(C)CC2C(c3ccc(C(C)(C)C)cc3)=CC=CC21.I[I-]I.[CH3-].[CH3-].[CH3-].[CH3-].[Cl][Zr+2][Cl].[Cl][Zr+2][Cl]. The number of rotatable bonds is 10. The molecule has 4 aromatic rings. The van der Waals surface area contributed by atoms with Gasteiger partial charge in [-0.1, -0.05) is 321 Å². The van der Waals surface area contributed by atoms with Crippen molar-refractivity contribution >= 4 is 110 Å². The quantitative estimate of drug-likeness (QED) is 0.0843. The zero-order chi connectivity index (χ0) is 73.1. The molecule has 16 unspecified atom stereocenters. The molecule has 103 heavy (non-hydrogen) atoms. The van der Waals surface area contributed by atoms with Crippen molar-refractivity contribution in [3.63, 3.8) is 0 Å². The van der Waals surface area contributed by atoms with Gasteiger partial charge < -0.3 is 29.7 Å². The molecular formula is C92H132Cl4I3Si2Zr2-. The van der Waals surface area contributed by atoms with E-state index in [2.05, 4.69) is 358 Å². The van der Waals surface area contributed by atoms with E-state index in [1.54, 1.807) is 22.3 Å². The Hall–Kier alpha value is 0.350. The predicted molar refractivity (Wildman–Crippen MR) is 477 cm³/mol. The topological polar surface area (TPSA) is 0 Å². The maximum atomic E-state index is 4.93. The maximum absolute atomic E-state index is 4.93. The Morgan fingerprint density at radius 3 is 0.728 bits per heavy atom. The second kappa shape index (κ2) is 40.4. The van der Waals surface area contributed by atoms with Crippen molar-refractivity contribution in [2.75, 3.05) is 0 Å². The summed E-state index contributed by atoms with van der Waals surface area (Å²) < 4.78 is 0. The summed E-state index contributed by atoms with van der Waals surface area (Å²) in [5.74, 6) is 9.81. The average Bonchev–Trinajstić information content (AvgIpc) is 1.58. The van der Waals surface area contributed by atoms with Gasteiger partial charge in [-0.3, -0.25) is 0 Å². The molecule has 0 aromatic heterocycles. The molecule has 16 atom stereocenters. The standard InChI is InChI=1S/2C44H60Si.4CH3.4ClH.I3.2Zr/c2*1-28(2)38-27-40-35(31-20-24-33(25-21-31)44(7,8)9)15-13-17-37(40)42(38)45(10,11)41-29(3)26-39-34(14-12-16-36(39)41)30-18-22-32(23-19-30)43(4,5)6;;;;;;;;;1-3-2;;/h2*12-25,28-29,36-42H,26-27H2,1-11H3;4*1H3;4*1H;;;/q;;4*-1;;;;;-1;2*+4/p-4. The Labute approximate surface area is 702 Å². The summed E-state index contributed by atoms with van der Waals surface area (Å²) >= 11 is 3.65. The van der Waals surface area contributed by atoms with Crippen LogP contribution in [0.15, 0.2) is 170 Å². The Morgan fingerprint density at radius 2 is 0.544 bits per heavy atom. The third kappa shape index (κ3) is 22.0. The van der Waals surface area contributed by atoms with Gasteiger partial charge in [-0.05, 0) is 219 Å². The molecule has 0 aliphatic heterocycles. The molecule has 8 aliphatic carbocycles. The molecule has 8 aliphatic rings. The van der Waals surface area contributed by atoms with Crippen molar-refractivity contribution in [2.45, 2.75) is 220 Å². The predicted octanol–water partition coefficient (Wildman–Crippen LogP) is 28.4. The van der Waals surface area contributed by atoms with Crippen molar-refractivity contribution in [3.05, 3.63) is 244 Å². The first-order chi connectivity index (χ1) is 46.4. The van der Waals surface area contributed by atoms with Gasteiger partial charge in [0.05, 0.1) is 16.1 Å². The van der Waals surface area contributed by atoms with E-state index in [1.807, 2.05) is 0 Å². The Kier molecular flexibility index (Phi) is 37.5. The van der Waals surface area contributed by atoms with Crippen LogP contribution in [0.25, 0.3) is 22.3 Å². The summed E-state index contributed by atoms with van der Waals surface area (Å²) in [6.45, 7) is 54.4. The number of halogens is 7. The fourth-order valence-corrected chi connectivity index (χ4v) is 33.9. The van der Waals surface area contributed by atoms with Gasteiger partial charge in [0.2, 0.25) is 0 Å². The molecule has 11 heteroatoms. The minimum absolute atomic E-state index is 0. The van der Waals surface area contributed by atoms with E-state index >= 15 is 0 Å². The molecule has 0 bridgehead atoms. The van der Waals surface area contributed by atoms with Gasteiger partial charge in [-0.2, -0.15) is 0 Å². The first-order valence-corrected chi connectivity index (χ1v) is 68.7. The third-order valence-electron chi connectivity index (χ3n) is 25.5. The van der Waals surface area contributed by atoms with Crippen molar-refractivity contribution in [1.82, 2.24) is 0 Å². The van der Waals surface area contributed by atoms with Crippen LogP contribution >= 0.6 is 71.3 Å². The van der Waals surface area contributed by atoms with Gasteiger partial charge in [0.15, 0.2) is 0 Å². The second-order valence-corrected chi connectivity index (χ2v) is 70.4. The first-order valence-electron chi connectivity index (χ1n) is 37.2. The zero-order valence-corrected chi connectivity index (χ0v) is 84.4. The molecule has 4 aromatic carbocycles. The molecular weight excluding hydrogens is 1870 g/mol. The van der Waals surface area contributed by atoms with Gasteiger partial charge in [0, 0.05) is 0 Å². The molecule has 0 saturated heterocycles. The molecule has 0 heterocycles. The summed E-state index contributed by atoms with van der Waals surface area (Å²) in [4.78, 5) is 0. The van der Waals surface area contributed by atoms with E-state index in [0.717, 1.165) is 57.7 Å². The van der Waals surface area contributed by atoms with Gasteiger partial charge in [-0.25, -0.2) is 0 Å².